The molecule has 2 aromatic rings. The molecule has 3 nitrogen and oxygen atoms in total. The number of aryl methyl sites for hydroxylation is 1. The first-order valence-electron chi connectivity index (χ1n) is 8.88. The minimum absolute atomic E-state index is 0.0343. The first-order valence-corrected chi connectivity index (χ1v) is 10.1. The van der Waals surface area contributed by atoms with Crippen LogP contribution in [0.15, 0.2) is 42.5 Å². The molecule has 26 heavy (non-hydrogen) atoms. The molecule has 2 aliphatic heterocycles. The maximum absolute atomic E-state index is 13.1. The van der Waals surface area contributed by atoms with Crippen molar-refractivity contribution in [2.45, 2.75) is 31.5 Å². The Morgan fingerprint density at radius 1 is 1.04 bits per heavy atom. The number of Topliss-reactive ketones (excluding diaryl/α,β-unsaturated/α-hetero) is 2. The Morgan fingerprint density at radius 2 is 1.65 bits per heavy atom. The van der Waals surface area contributed by atoms with Gasteiger partial charge in [-0.1, -0.05) is 42.8 Å². The average Bonchev–Trinajstić information content (AvgIpc) is 3.39. The van der Waals surface area contributed by atoms with Crippen LogP contribution >= 0.6 is 22.9 Å². The molecular weight excluding hydrogens is 368 g/mol. The summed E-state index contributed by atoms with van der Waals surface area (Å²) in [7, 11) is 0. The van der Waals surface area contributed by atoms with E-state index in [1.807, 2.05) is 42.5 Å². The molecule has 5 atom stereocenters. The van der Waals surface area contributed by atoms with E-state index in [9.17, 15) is 9.59 Å². The van der Waals surface area contributed by atoms with Crippen LogP contribution in [-0.4, -0.2) is 23.8 Å². The maximum Gasteiger partial charge on any atom is 0.154 e. The van der Waals surface area contributed by atoms with Gasteiger partial charge in [0.1, 0.15) is 5.92 Å². The van der Waals surface area contributed by atoms with Gasteiger partial charge in [-0.2, -0.15) is 0 Å². The second-order valence-electron chi connectivity index (χ2n) is 7.09. The molecule has 2 fully saturated rings. The van der Waals surface area contributed by atoms with Crippen LogP contribution in [0.1, 0.15) is 23.3 Å². The Balaban J connectivity index is 1.55. The highest BCUT2D eigenvalue weighted by Crippen LogP contribution is 2.51. The molecule has 0 amide bonds. The van der Waals surface area contributed by atoms with Crippen molar-refractivity contribution in [1.29, 1.82) is 0 Å². The fraction of sp³-hybridized carbons (Fsp3) is 0.333. The number of benzene rings is 1. The Hall–Kier alpha value is -1.75. The molecule has 1 unspecified atom stereocenters. The van der Waals surface area contributed by atoms with Crippen LogP contribution in [0.25, 0.3) is 10.4 Å². The van der Waals surface area contributed by atoms with Gasteiger partial charge >= 0.3 is 0 Å². The summed E-state index contributed by atoms with van der Waals surface area (Å²) in [5, 5.41) is 0.693. The molecule has 1 aromatic carbocycles. The molecule has 1 saturated carbocycles. The molecule has 1 aliphatic carbocycles. The summed E-state index contributed by atoms with van der Waals surface area (Å²) in [4.78, 5) is 28.4. The van der Waals surface area contributed by atoms with Crippen molar-refractivity contribution >= 4 is 34.5 Å². The summed E-state index contributed by atoms with van der Waals surface area (Å²) in [5.74, 6) is -1.16. The molecular formula is C21H17ClO3S. The summed E-state index contributed by atoms with van der Waals surface area (Å²) in [6.45, 7) is 2.07. The monoisotopic (exact) mass is 384 g/mol. The second-order valence-corrected chi connectivity index (χ2v) is 8.66. The lowest BCUT2D eigenvalue weighted by Gasteiger charge is -2.12. The van der Waals surface area contributed by atoms with Gasteiger partial charge in [0.25, 0.3) is 0 Å². The fourth-order valence-corrected chi connectivity index (χ4v) is 5.81. The maximum atomic E-state index is 13.1. The third-order valence-corrected chi connectivity index (χ3v) is 7.32. The number of hydrogen-bond donors (Lipinski definition) is 0. The molecule has 5 heteroatoms. The number of halogens is 1. The lowest BCUT2D eigenvalue weighted by Crippen LogP contribution is -2.26. The zero-order chi connectivity index (χ0) is 18.0. The minimum atomic E-state index is -0.633. The third-order valence-electron chi connectivity index (χ3n) is 5.73. The summed E-state index contributed by atoms with van der Waals surface area (Å²) < 4.78 is 5.74. The highest BCUT2D eigenvalue weighted by Gasteiger charge is 2.61. The second kappa shape index (κ2) is 5.88. The van der Waals surface area contributed by atoms with Crippen LogP contribution in [0.3, 0.4) is 0 Å². The Morgan fingerprint density at radius 3 is 2.23 bits per heavy atom. The van der Waals surface area contributed by atoms with Crippen molar-refractivity contribution in [3.8, 4) is 10.4 Å². The Kier molecular flexibility index (Phi) is 3.71. The lowest BCUT2D eigenvalue weighted by molar-refractivity contribution is -0.127. The van der Waals surface area contributed by atoms with Gasteiger partial charge in [-0.15, -0.1) is 11.3 Å². The van der Waals surface area contributed by atoms with Crippen LogP contribution in [-0.2, 0) is 20.7 Å². The van der Waals surface area contributed by atoms with E-state index in [2.05, 4.69) is 6.92 Å². The largest absolute Gasteiger partial charge is 0.365 e. The van der Waals surface area contributed by atoms with Crippen molar-refractivity contribution in [1.82, 2.24) is 0 Å². The van der Waals surface area contributed by atoms with Crippen molar-refractivity contribution in [2.75, 3.05) is 0 Å². The SMILES string of the molecule is CCc1sc(-c2ccc(Cl)cc2)cc1C1C(=O)[C@@H]2[C@H](C1=O)[C@H]1C=C[C@@H]2O1. The van der Waals surface area contributed by atoms with E-state index in [1.54, 1.807) is 11.3 Å². The van der Waals surface area contributed by atoms with E-state index in [-0.39, 0.29) is 35.6 Å². The minimum Gasteiger partial charge on any atom is -0.365 e. The van der Waals surface area contributed by atoms with Crippen molar-refractivity contribution in [2.24, 2.45) is 11.8 Å². The first kappa shape index (κ1) is 16.4. The number of thiophene rings is 1. The van der Waals surface area contributed by atoms with Gasteiger partial charge in [-0.3, -0.25) is 9.59 Å². The van der Waals surface area contributed by atoms with Crippen molar-refractivity contribution in [3.63, 3.8) is 0 Å². The van der Waals surface area contributed by atoms with Gasteiger partial charge in [0, 0.05) is 14.8 Å². The normalized spacial score (nSPS) is 31.8. The molecule has 0 radical (unpaired) electrons. The number of ketones is 2. The molecule has 2 bridgehead atoms. The fourth-order valence-electron chi connectivity index (χ4n) is 4.54. The number of rotatable bonds is 3. The molecule has 3 aliphatic rings. The smallest absolute Gasteiger partial charge is 0.154 e. The molecule has 1 saturated heterocycles. The van der Waals surface area contributed by atoms with Crippen LogP contribution < -0.4 is 0 Å². The van der Waals surface area contributed by atoms with E-state index in [0.717, 1.165) is 27.3 Å². The van der Waals surface area contributed by atoms with Gasteiger partial charge in [0.2, 0.25) is 0 Å². The Labute approximate surface area is 160 Å². The topological polar surface area (TPSA) is 43.4 Å². The number of carbonyl (C=O) groups is 2. The molecule has 3 heterocycles. The van der Waals surface area contributed by atoms with Crippen LogP contribution in [0.4, 0.5) is 0 Å². The van der Waals surface area contributed by atoms with E-state index in [0.29, 0.717) is 5.02 Å². The van der Waals surface area contributed by atoms with Crippen molar-refractivity contribution in [3.05, 3.63) is 57.9 Å². The van der Waals surface area contributed by atoms with E-state index in [4.69, 9.17) is 16.3 Å². The predicted molar refractivity (Wildman–Crippen MR) is 102 cm³/mol. The zero-order valence-electron chi connectivity index (χ0n) is 14.1. The van der Waals surface area contributed by atoms with Crippen molar-refractivity contribution < 1.29 is 14.3 Å². The lowest BCUT2D eigenvalue weighted by atomic mass is 9.85. The summed E-state index contributed by atoms with van der Waals surface area (Å²) >= 11 is 7.65. The van der Waals surface area contributed by atoms with Crippen LogP contribution in [0, 0.1) is 11.8 Å². The van der Waals surface area contributed by atoms with E-state index >= 15 is 0 Å². The highest BCUT2D eigenvalue weighted by atomic mass is 35.5. The zero-order valence-corrected chi connectivity index (χ0v) is 15.7. The van der Waals surface area contributed by atoms with Gasteiger partial charge in [-0.05, 0) is 35.7 Å². The number of hydrogen-bond acceptors (Lipinski definition) is 4. The standard InChI is InChI=1S/C21H17ClO3S/c1-2-15-12(9-16(26-15)10-3-5-11(22)6-4-10)17-20(23)18-13-7-8-14(25-13)19(18)21(17)24/h3-9,13-14,17-19H,2H2,1H3/t13-,14+,17?,18-,19+. The number of fused-ring (bicyclic) bond motifs is 5. The Bertz CT molecular complexity index is 913. The molecule has 1 aromatic heterocycles. The van der Waals surface area contributed by atoms with Gasteiger partial charge in [0.15, 0.2) is 11.6 Å². The van der Waals surface area contributed by atoms with Crippen LogP contribution in [0.5, 0.6) is 0 Å². The van der Waals surface area contributed by atoms with Gasteiger partial charge in [-0.25, -0.2) is 0 Å². The van der Waals surface area contributed by atoms with E-state index < -0.39 is 5.92 Å². The quantitative estimate of drug-likeness (QED) is 0.580. The number of carbonyl (C=O) groups excluding carboxylic acids is 2. The molecule has 0 N–H and O–H groups in total. The summed E-state index contributed by atoms with van der Waals surface area (Å²) in [5.41, 5.74) is 1.95. The van der Waals surface area contributed by atoms with Gasteiger partial charge in [0.05, 0.1) is 24.0 Å². The van der Waals surface area contributed by atoms with E-state index in [1.165, 1.54) is 0 Å². The van der Waals surface area contributed by atoms with Gasteiger partial charge < -0.3 is 4.74 Å². The molecule has 132 valence electrons. The molecule has 0 spiro atoms. The molecule has 5 rings (SSSR count). The first-order chi connectivity index (χ1) is 12.6. The third kappa shape index (κ3) is 2.22. The average molecular weight is 385 g/mol. The summed E-state index contributed by atoms with van der Waals surface area (Å²) in [6.07, 6.45) is 4.25. The highest BCUT2D eigenvalue weighted by molar-refractivity contribution is 7.15. The predicted octanol–water partition coefficient (Wildman–Crippen LogP) is 4.44. The van der Waals surface area contributed by atoms with Crippen LogP contribution in [0.2, 0.25) is 5.02 Å². The number of ether oxygens (including phenoxy) is 1. The summed E-state index contributed by atoms with van der Waals surface area (Å²) in [6, 6.07) is 9.70.